The van der Waals surface area contributed by atoms with E-state index < -0.39 is 5.91 Å². The maximum absolute atomic E-state index is 11.0. The number of methoxy groups -OCH3 is 1. The summed E-state index contributed by atoms with van der Waals surface area (Å²) in [5.41, 5.74) is 7.33. The Morgan fingerprint density at radius 2 is 1.95 bits per heavy atom. The Kier molecular flexibility index (Phi) is 3.71. The van der Waals surface area contributed by atoms with E-state index in [1.807, 2.05) is 24.3 Å². The Morgan fingerprint density at radius 1 is 1.21 bits per heavy atom. The van der Waals surface area contributed by atoms with Gasteiger partial charge in [0.15, 0.2) is 0 Å². The number of hydrogen-bond donors (Lipinski definition) is 2. The van der Waals surface area contributed by atoms with Gasteiger partial charge in [-0.15, -0.1) is 0 Å². The highest BCUT2D eigenvalue weighted by atomic mass is 16.5. The third-order valence-electron chi connectivity index (χ3n) is 2.84. The molecule has 0 fully saturated rings. The molecule has 98 valence electrons. The van der Waals surface area contributed by atoms with Gasteiger partial charge in [-0.25, -0.2) is 0 Å². The number of hydrogen-bond acceptors (Lipinski definition) is 3. The fourth-order valence-corrected chi connectivity index (χ4v) is 1.98. The molecular weight excluding hydrogens is 242 g/mol. The summed E-state index contributed by atoms with van der Waals surface area (Å²) in [6.07, 6.45) is 0.141. The Morgan fingerprint density at radius 3 is 2.63 bits per heavy atom. The zero-order valence-corrected chi connectivity index (χ0v) is 10.6. The van der Waals surface area contributed by atoms with E-state index in [4.69, 9.17) is 10.5 Å². The van der Waals surface area contributed by atoms with Gasteiger partial charge >= 0.3 is 0 Å². The first-order chi connectivity index (χ1) is 9.11. The van der Waals surface area contributed by atoms with E-state index in [0.29, 0.717) is 11.3 Å². The zero-order chi connectivity index (χ0) is 13.8. The first-order valence-electron chi connectivity index (χ1n) is 5.85. The smallest absolute Gasteiger partial charge is 0.221 e. The van der Waals surface area contributed by atoms with Gasteiger partial charge in [-0.3, -0.25) is 4.79 Å². The molecule has 0 radical (unpaired) electrons. The number of para-hydroxylation sites is 1. The molecular formula is C15H15NO3. The highest BCUT2D eigenvalue weighted by Crippen LogP contribution is 2.36. The second kappa shape index (κ2) is 5.44. The number of carbonyl (C=O) groups excluding carboxylic acids is 1. The Bertz CT molecular complexity index is 608. The molecule has 2 aromatic carbocycles. The molecule has 1 amide bonds. The van der Waals surface area contributed by atoms with Gasteiger partial charge in [0.2, 0.25) is 5.91 Å². The van der Waals surface area contributed by atoms with Crippen LogP contribution >= 0.6 is 0 Å². The molecule has 4 nitrogen and oxygen atoms in total. The number of phenolic OH excluding ortho intramolecular Hbond substituents is 1. The van der Waals surface area contributed by atoms with Crippen LogP contribution in [0.3, 0.4) is 0 Å². The molecule has 3 N–H and O–H groups in total. The third kappa shape index (κ3) is 2.85. The van der Waals surface area contributed by atoms with Crippen molar-refractivity contribution in [2.75, 3.05) is 7.11 Å². The summed E-state index contributed by atoms with van der Waals surface area (Å²) in [6.45, 7) is 0. The summed E-state index contributed by atoms with van der Waals surface area (Å²) in [5, 5.41) is 9.97. The number of carbonyl (C=O) groups is 1. The molecule has 2 aromatic rings. The van der Waals surface area contributed by atoms with Crippen molar-refractivity contribution in [2.45, 2.75) is 6.42 Å². The van der Waals surface area contributed by atoms with E-state index in [-0.39, 0.29) is 12.2 Å². The van der Waals surface area contributed by atoms with Gasteiger partial charge in [0.05, 0.1) is 13.5 Å². The van der Waals surface area contributed by atoms with Gasteiger partial charge in [0, 0.05) is 11.1 Å². The van der Waals surface area contributed by atoms with Crippen molar-refractivity contribution in [3.8, 4) is 22.6 Å². The molecule has 0 heterocycles. The average molecular weight is 257 g/mol. The van der Waals surface area contributed by atoms with Crippen molar-refractivity contribution < 1.29 is 14.6 Å². The van der Waals surface area contributed by atoms with Crippen molar-refractivity contribution in [1.82, 2.24) is 0 Å². The maximum Gasteiger partial charge on any atom is 0.221 e. The van der Waals surface area contributed by atoms with Gasteiger partial charge in [-0.2, -0.15) is 0 Å². The number of benzene rings is 2. The van der Waals surface area contributed by atoms with Crippen LogP contribution in [-0.2, 0) is 11.2 Å². The van der Waals surface area contributed by atoms with E-state index in [1.165, 1.54) is 0 Å². The number of rotatable bonds is 4. The van der Waals surface area contributed by atoms with E-state index in [1.54, 1.807) is 25.3 Å². The van der Waals surface area contributed by atoms with Crippen LogP contribution < -0.4 is 10.5 Å². The van der Waals surface area contributed by atoms with E-state index in [9.17, 15) is 9.90 Å². The van der Waals surface area contributed by atoms with Crippen LogP contribution in [0, 0.1) is 0 Å². The van der Waals surface area contributed by atoms with Crippen LogP contribution in [-0.4, -0.2) is 18.1 Å². The molecule has 0 aromatic heterocycles. The molecule has 0 aliphatic carbocycles. The van der Waals surface area contributed by atoms with Crippen LogP contribution in [0.2, 0.25) is 0 Å². The highest BCUT2D eigenvalue weighted by Gasteiger charge is 2.11. The summed E-state index contributed by atoms with van der Waals surface area (Å²) in [5.74, 6) is 0.392. The first-order valence-corrected chi connectivity index (χ1v) is 5.85. The molecule has 0 spiro atoms. The Labute approximate surface area is 111 Å². The minimum Gasteiger partial charge on any atom is -0.507 e. The van der Waals surface area contributed by atoms with Crippen LogP contribution in [0.5, 0.6) is 11.5 Å². The van der Waals surface area contributed by atoms with Gasteiger partial charge in [0.1, 0.15) is 11.5 Å². The van der Waals surface area contributed by atoms with Crippen LogP contribution in [0.25, 0.3) is 11.1 Å². The van der Waals surface area contributed by atoms with Crippen molar-refractivity contribution >= 4 is 5.91 Å². The molecule has 19 heavy (non-hydrogen) atoms. The topological polar surface area (TPSA) is 72.5 Å². The van der Waals surface area contributed by atoms with Crippen molar-refractivity contribution in [2.24, 2.45) is 5.73 Å². The fourth-order valence-electron chi connectivity index (χ4n) is 1.98. The SMILES string of the molecule is COc1ccccc1-c1cc(CC(N)=O)ccc1O. The summed E-state index contributed by atoms with van der Waals surface area (Å²) in [7, 11) is 1.57. The van der Waals surface area contributed by atoms with Gasteiger partial charge in [-0.05, 0) is 23.8 Å². The average Bonchev–Trinajstić information content (AvgIpc) is 2.40. The minimum atomic E-state index is -0.406. The summed E-state index contributed by atoms with van der Waals surface area (Å²) < 4.78 is 5.27. The lowest BCUT2D eigenvalue weighted by Gasteiger charge is -2.11. The zero-order valence-electron chi connectivity index (χ0n) is 10.6. The van der Waals surface area contributed by atoms with Crippen molar-refractivity contribution in [3.05, 3.63) is 48.0 Å². The standard InChI is InChI=1S/C15H15NO3/c1-19-14-5-3-2-4-11(14)12-8-10(9-15(16)18)6-7-13(12)17/h2-8,17H,9H2,1H3,(H2,16,18). The molecule has 4 heteroatoms. The third-order valence-corrected chi connectivity index (χ3v) is 2.84. The predicted octanol–water partition coefficient (Wildman–Crippen LogP) is 2.10. The molecule has 0 saturated carbocycles. The Balaban J connectivity index is 2.51. The van der Waals surface area contributed by atoms with E-state index in [2.05, 4.69) is 0 Å². The number of amides is 1. The quantitative estimate of drug-likeness (QED) is 0.881. The van der Waals surface area contributed by atoms with Crippen LogP contribution in [0.4, 0.5) is 0 Å². The normalized spacial score (nSPS) is 10.2. The van der Waals surface area contributed by atoms with E-state index >= 15 is 0 Å². The molecule has 0 saturated heterocycles. The van der Waals surface area contributed by atoms with Gasteiger partial charge in [0.25, 0.3) is 0 Å². The molecule has 0 aliphatic rings. The van der Waals surface area contributed by atoms with Crippen molar-refractivity contribution in [3.63, 3.8) is 0 Å². The number of primary amides is 1. The predicted molar refractivity (Wildman–Crippen MR) is 73.0 cm³/mol. The highest BCUT2D eigenvalue weighted by molar-refractivity contribution is 5.80. The molecule has 0 bridgehead atoms. The van der Waals surface area contributed by atoms with Crippen LogP contribution in [0.15, 0.2) is 42.5 Å². The number of ether oxygens (including phenoxy) is 1. The molecule has 0 aliphatic heterocycles. The fraction of sp³-hybridized carbons (Fsp3) is 0.133. The Hall–Kier alpha value is -2.49. The lowest BCUT2D eigenvalue weighted by molar-refractivity contribution is -0.117. The minimum absolute atomic E-state index is 0.137. The van der Waals surface area contributed by atoms with Gasteiger partial charge < -0.3 is 15.6 Å². The summed E-state index contributed by atoms with van der Waals surface area (Å²) >= 11 is 0. The summed E-state index contributed by atoms with van der Waals surface area (Å²) in [6, 6.07) is 12.4. The first kappa shape index (κ1) is 13.0. The summed E-state index contributed by atoms with van der Waals surface area (Å²) in [4.78, 5) is 11.0. The van der Waals surface area contributed by atoms with Crippen molar-refractivity contribution in [1.29, 1.82) is 0 Å². The van der Waals surface area contributed by atoms with Crippen LogP contribution in [0.1, 0.15) is 5.56 Å². The number of aromatic hydroxyl groups is 1. The largest absolute Gasteiger partial charge is 0.507 e. The number of nitrogens with two attached hydrogens (primary N) is 1. The molecule has 0 unspecified atom stereocenters. The maximum atomic E-state index is 11.0. The lowest BCUT2D eigenvalue weighted by atomic mass is 9.99. The monoisotopic (exact) mass is 257 g/mol. The second-order valence-corrected chi connectivity index (χ2v) is 4.19. The molecule has 2 rings (SSSR count). The van der Waals surface area contributed by atoms with E-state index in [0.717, 1.165) is 11.1 Å². The molecule has 0 atom stereocenters. The number of phenols is 1. The second-order valence-electron chi connectivity index (χ2n) is 4.19. The van der Waals surface area contributed by atoms with Gasteiger partial charge in [-0.1, -0.05) is 24.3 Å². The lowest BCUT2D eigenvalue weighted by Crippen LogP contribution is -2.13.